The lowest BCUT2D eigenvalue weighted by Crippen LogP contribution is -2.54. The van der Waals surface area contributed by atoms with Gasteiger partial charge in [-0.25, -0.2) is 4.79 Å². The highest BCUT2D eigenvalue weighted by molar-refractivity contribution is 5.77. The number of amides is 3. The number of fused-ring (bicyclic) bond motifs is 1. The van der Waals surface area contributed by atoms with Crippen LogP contribution in [0, 0.1) is 0 Å². The smallest absolute Gasteiger partial charge is 0.320 e. The molecule has 3 amide bonds. The number of likely N-dealkylation sites (tertiary alicyclic amines) is 2. The molecule has 0 bridgehead atoms. The molecular weight excluding hydrogens is 382 g/mol. The van der Waals surface area contributed by atoms with Crippen molar-refractivity contribution in [1.29, 1.82) is 0 Å². The molecule has 0 saturated carbocycles. The fourth-order valence-electron chi connectivity index (χ4n) is 5.04. The molecule has 3 heterocycles. The number of methoxy groups -OCH3 is 1. The van der Waals surface area contributed by atoms with Crippen molar-refractivity contribution in [2.45, 2.75) is 50.0 Å². The van der Waals surface area contributed by atoms with Crippen LogP contribution >= 0.6 is 0 Å². The summed E-state index contributed by atoms with van der Waals surface area (Å²) in [4.78, 5) is 29.2. The molecule has 2 saturated heterocycles. The molecule has 1 spiro atoms. The quantitative estimate of drug-likeness (QED) is 0.751. The lowest BCUT2D eigenvalue weighted by atomic mass is 9.76. The Morgan fingerprint density at radius 3 is 2.57 bits per heavy atom. The molecule has 7 nitrogen and oxygen atoms in total. The van der Waals surface area contributed by atoms with E-state index in [1.165, 1.54) is 0 Å². The predicted octanol–water partition coefficient (Wildman–Crippen LogP) is 2.76. The zero-order valence-corrected chi connectivity index (χ0v) is 17.9. The van der Waals surface area contributed by atoms with Crippen molar-refractivity contribution in [3.8, 4) is 5.75 Å². The number of hydrogen-bond acceptors (Lipinski definition) is 4. The van der Waals surface area contributed by atoms with E-state index < -0.39 is 0 Å². The summed E-state index contributed by atoms with van der Waals surface area (Å²) in [6, 6.07) is 8.25. The molecule has 30 heavy (non-hydrogen) atoms. The summed E-state index contributed by atoms with van der Waals surface area (Å²) < 4.78 is 11.5. The van der Waals surface area contributed by atoms with E-state index in [4.69, 9.17) is 9.47 Å². The molecule has 164 valence electrons. The number of carbonyl (C=O) groups excluding carboxylic acids is 2. The topological polar surface area (TPSA) is 71.1 Å². The first-order chi connectivity index (χ1) is 14.6. The van der Waals surface area contributed by atoms with Crippen LogP contribution in [0.4, 0.5) is 4.79 Å². The maximum absolute atomic E-state index is 12.8. The minimum Gasteiger partial charge on any atom is -0.487 e. The molecule has 1 aromatic carbocycles. The van der Waals surface area contributed by atoms with Crippen molar-refractivity contribution in [2.75, 3.05) is 46.4 Å². The molecule has 3 aliphatic heterocycles. The van der Waals surface area contributed by atoms with Gasteiger partial charge in [-0.05, 0) is 30.9 Å². The molecule has 0 aromatic heterocycles. The fourth-order valence-corrected chi connectivity index (χ4v) is 5.04. The van der Waals surface area contributed by atoms with E-state index in [0.717, 1.165) is 56.5 Å². The average Bonchev–Trinajstić information content (AvgIpc) is 3.29. The number of nitrogens with one attached hydrogen (secondary N) is 1. The molecule has 2 fully saturated rings. The van der Waals surface area contributed by atoms with E-state index in [9.17, 15) is 9.59 Å². The van der Waals surface area contributed by atoms with Gasteiger partial charge >= 0.3 is 6.03 Å². The molecule has 1 N–H and O–H groups in total. The molecule has 1 unspecified atom stereocenters. The predicted molar refractivity (Wildman–Crippen MR) is 114 cm³/mol. The summed E-state index contributed by atoms with van der Waals surface area (Å²) >= 11 is 0. The van der Waals surface area contributed by atoms with E-state index >= 15 is 0 Å². The highest BCUT2D eigenvalue weighted by Crippen LogP contribution is 2.46. The molecule has 1 atom stereocenters. The summed E-state index contributed by atoms with van der Waals surface area (Å²) in [5.41, 5.74) is 0.814. The van der Waals surface area contributed by atoms with Crippen LogP contribution in [0.2, 0.25) is 0 Å². The zero-order chi connectivity index (χ0) is 21.0. The van der Waals surface area contributed by atoms with Crippen molar-refractivity contribution < 1.29 is 19.1 Å². The molecule has 0 aliphatic carbocycles. The number of carbonyl (C=O) groups is 2. The summed E-state index contributed by atoms with van der Waals surface area (Å²) in [5.74, 6) is 1.06. The van der Waals surface area contributed by atoms with Gasteiger partial charge in [0.05, 0.1) is 6.61 Å². The molecule has 3 aliphatic rings. The lowest BCUT2D eigenvalue weighted by Gasteiger charge is -2.47. The number of nitrogens with zero attached hydrogens (tertiary/aromatic N) is 2. The van der Waals surface area contributed by atoms with E-state index in [0.29, 0.717) is 32.7 Å². The number of ether oxygens (including phenoxy) is 2. The Kier molecular flexibility index (Phi) is 6.46. The Bertz CT molecular complexity index is 755. The number of piperidine rings is 1. The first kappa shape index (κ1) is 21.0. The minimum absolute atomic E-state index is 0.0468. The number of hydrogen-bond donors (Lipinski definition) is 1. The molecule has 7 heteroatoms. The normalized spacial score (nSPS) is 22.5. The van der Waals surface area contributed by atoms with Crippen molar-refractivity contribution in [2.24, 2.45) is 0 Å². The second-order valence-corrected chi connectivity index (χ2v) is 8.73. The van der Waals surface area contributed by atoms with Crippen LogP contribution in [-0.2, 0) is 9.53 Å². The molecule has 1 aromatic rings. The third-order valence-electron chi connectivity index (χ3n) is 6.69. The Morgan fingerprint density at radius 1 is 1.13 bits per heavy atom. The van der Waals surface area contributed by atoms with Crippen LogP contribution < -0.4 is 10.1 Å². The second kappa shape index (κ2) is 9.25. The van der Waals surface area contributed by atoms with Crippen LogP contribution in [0.3, 0.4) is 0 Å². The van der Waals surface area contributed by atoms with Gasteiger partial charge in [-0.3, -0.25) is 4.79 Å². The summed E-state index contributed by atoms with van der Waals surface area (Å²) in [6.45, 7) is 4.23. The van der Waals surface area contributed by atoms with Crippen molar-refractivity contribution in [1.82, 2.24) is 15.1 Å². The minimum atomic E-state index is -0.298. The maximum Gasteiger partial charge on any atom is 0.320 e. The van der Waals surface area contributed by atoms with Gasteiger partial charge in [-0.1, -0.05) is 18.2 Å². The summed E-state index contributed by atoms with van der Waals surface area (Å²) in [7, 11) is 1.63. The molecular formula is C23H33N3O4. The van der Waals surface area contributed by atoms with Gasteiger partial charge in [-0.2, -0.15) is 0 Å². The summed E-state index contributed by atoms with van der Waals surface area (Å²) in [6.07, 6.45) is 5.09. The van der Waals surface area contributed by atoms with Crippen molar-refractivity contribution in [3.63, 3.8) is 0 Å². The van der Waals surface area contributed by atoms with Gasteiger partial charge in [0.1, 0.15) is 11.4 Å². The van der Waals surface area contributed by atoms with Gasteiger partial charge < -0.3 is 24.6 Å². The fraction of sp³-hybridized carbons (Fsp3) is 0.652. The number of rotatable bonds is 5. The SMILES string of the molecule is COCCNC(=O)CC1CC2(CCN(C(=O)N3CCCC3)CC2)Oc2ccccc21. The third kappa shape index (κ3) is 4.56. The van der Waals surface area contributed by atoms with Gasteiger partial charge in [-0.15, -0.1) is 0 Å². The summed E-state index contributed by atoms with van der Waals surface area (Å²) in [5, 5.41) is 2.94. The van der Waals surface area contributed by atoms with Crippen LogP contribution in [0.1, 0.15) is 50.0 Å². The van der Waals surface area contributed by atoms with E-state index in [1.807, 2.05) is 28.0 Å². The van der Waals surface area contributed by atoms with E-state index in [2.05, 4.69) is 11.4 Å². The maximum atomic E-state index is 12.8. The first-order valence-corrected chi connectivity index (χ1v) is 11.2. The Morgan fingerprint density at radius 2 is 1.83 bits per heavy atom. The molecule has 0 radical (unpaired) electrons. The van der Waals surface area contributed by atoms with Gasteiger partial charge in [0.2, 0.25) is 5.91 Å². The van der Waals surface area contributed by atoms with E-state index in [1.54, 1.807) is 7.11 Å². The van der Waals surface area contributed by atoms with Gasteiger partial charge in [0.15, 0.2) is 0 Å². The second-order valence-electron chi connectivity index (χ2n) is 8.73. The van der Waals surface area contributed by atoms with E-state index in [-0.39, 0.29) is 23.5 Å². The number of urea groups is 1. The van der Waals surface area contributed by atoms with Crippen molar-refractivity contribution >= 4 is 11.9 Å². The third-order valence-corrected chi connectivity index (χ3v) is 6.69. The monoisotopic (exact) mass is 415 g/mol. The van der Waals surface area contributed by atoms with Gasteiger partial charge in [0.25, 0.3) is 0 Å². The van der Waals surface area contributed by atoms with Crippen LogP contribution in [0.15, 0.2) is 24.3 Å². The van der Waals surface area contributed by atoms with Gasteiger partial charge in [0, 0.05) is 65.0 Å². The van der Waals surface area contributed by atoms with Crippen LogP contribution in [-0.4, -0.2) is 73.8 Å². The highest BCUT2D eigenvalue weighted by Gasteiger charge is 2.44. The average molecular weight is 416 g/mol. The Hall–Kier alpha value is -2.28. The number of benzene rings is 1. The first-order valence-electron chi connectivity index (χ1n) is 11.2. The van der Waals surface area contributed by atoms with Crippen LogP contribution in [0.5, 0.6) is 5.75 Å². The Labute approximate surface area is 178 Å². The number of para-hydroxylation sites is 1. The van der Waals surface area contributed by atoms with Crippen molar-refractivity contribution in [3.05, 3.63) is 29.8 Å². The largest absolute Gasteiger partial charge is 0.487 e. The van der Waals surface area contributed by atoms with Crippen LogP contribution in [0.25, 0.3) is 0 Å². The zero-order valence-electron chi connectivity index (χ0n) is 17.9. The Balaban J connectivity index is 1.42. The molecule has 4 rings (SSSR count). The highest BCUT2D eigenvalue weighted by atomic mass is 16.5. The lowest BCUT2D eigenvalue weighted by molar-refractivity contribution is -0.122. The standard InChI is InChI=1S/C23H33N3O4/c1-29-15-10-24-21(27)16-18-17-23(30-20-7-3-2-6-19(18)20)8-13-26(14-9-23)22(28)25-11-4-5-12-25/h2-3,6-7,18H,4-5,8-17H2,1H3,(H,24,27).